The standard InChI is InChI=1S/C8H10N2O3.C5H10N2O.C5H8O3/c11-6-4-7(12)10(8(13)9-6)5-2-1-3-5;6-5(8)7-4-2-1-3-4;1-4(6)3-5(7)8-2/h5H,1-4H2,(H,9,11,13);4H,1-3H2,(H3,6,7,8);3H2,1-2H3. The molecule has 2 aliphatic carbocycles. The fourth-order valence-electron chi connectivity index (χ4n) is 2.60. The summed E-state index contributed by atoms with van der Waals surface area (Å²) in [6, 6.07) is -0.534. The van der Waals surface area contributed by atoms with Gasteiger partial charge in [0.1, 0.15) is 18.6 Å². The number of nitrogens with two attached hydrogens (primary N) is 1. The molecule has 3 fully saturated rings. The third kappa shape index (κ3) is 8.71. The average molecular weight is 412 g/mol. The van der Waals surface area contributed by atoms with Crippen LogP contribution in [0.25, 0.3) is 0 Å². The van der Waals surface area contributed by atoms with Crippen LogP contribution >= 0.6 is 0 Å². The smallest absolute Gasteiger partial charge is 0.331 e. The van der Waals surface area contributed by atoms with E-state index < -0.39 is 23.9 Å². The van der Waals surface area contributed by atoms with Gasteiger partial charge >= 0.3 is 18.0 Å². The normalized spacial score (nSPS) is 18.6. The molecule has 0 aromatic carbocycles. The number of imide groups is 2. The highest BCUT2D eigenvalue weighted by Crippen LogP contribution is 2.26. The number of primary amides is 1. The summed E-state index contributed by atoms with van der Waals surface area (Å²) in [5, 5.41) is 4.75. The number of hydrogen-bond acceptors (Lipinski definition) is 7. The van der Waals surface area contributed by atoms with Gasteiger partial charge in [-0.3, -0.25) is 29.4 Å². The Morgan fingerprint density at radius 1 is 1.14 bits per heavy atom. The minimum atomic E-state index is -0.550. The zero-order chi connectivity index (χ0) is 22.0. The van der Waals surface area contributed by atoms with E-state index in [1.165, 1.54) is 25.4 Å². The van der Waals surface area contributed by atoms with E-state index in [0.29, 0.717) is 6.04 Å². The molecule has 11 heteroatoms. The highest BCUT2D eigenvalue weighted by atomic mass is 16.5. The van der Waals surface area contributed by atoms with Crippen molar-refractivity contribution in [1.29, 1.82) is 0 Å². The SMILES string of the molecule is COC(=O)CC(C)=O.NC(=O)NC1CCC1.O=C1CC(=O)N(C2CCC2)C(=O)N1. The van der Waals surface area contributed by atoms with Crippen molar-refractivity contribution in [3.8, 4) is 0 Å². The third-order valence-electron chi connectivity index (χ3n) is 4.56. The van der Waals surface area contributed by atoms with Crippen LogP contribution in [0.4, 0.5) is 9.59 Å². The number of barbiturate groups is 1. The molecule has 29 heavy (non-hydrogen) atoms. The van der Waals surface area contributed by atoms with Crippen molar-refractivity contribution in [1.82, 2.24) is 15.5 Å². The Balaban J connectivity index is 0.000000230. The lowest BCUT2D eigenvalue weighted by Crippen LogP contribution is -2.58. The maximum Gasteiger partial charge on any atom is 0.331 e. The zero-order valence-corrected chi connectivity index (χ0v) is 16.7. The molecule has 0 bridgehead atoms. The van der Waals surface area contributed by atoms with Crippen LogP contribution in [0.15, 0.2) is 0 Å². The van der Waals surface area contributed by atoms with Crippen LogP contribution in [0.5, 0.6) is 0 Å². The number of rotatable bonds is 4. The van der Waals surface area contributed by atoms with E-state index in [9.17, 15) is 28.8 Å². The van der Waals surface area contributed by atoms with Gasteiger partial charge in [0.2, 0.25) is 11.8 Å². The Bertz CT molecular complexity index is 637. The van der Waals surface area contributed by atoms with Crippen LogP contribution in [0, 0.1) is 0 Å². The van der Waals surface area contributed by atoms with Crippen LogP contribution in [0.2, 0.25) is 0 Å². The van der Waals surface area contributed by atoms with Gasteiger partial charge in [-0.25, -0.2) is 9.59 Å². The van der Waals surface area contributed by atoms with Crippen molar-refractivity contribution >= 4 is 35.6 Å². The minimum Gasteiger partial charge on any atom is -0.469 e. The summed E-state index contributed by atoms with van der Waals surface area (Å²) in [5.74, 6) is -1.50. The Morgan fingerprint density at radius 2 is 1.72 bits per heavy atom. The summed E-state index contributed by atoms with van der Waals surface area (Å²) < 4.78 is 4.20. The number of nitrogens with one attached hydrogen (secondary N) is 2. The van der Waals surface area contributed by atoms with Crippen molar-refractivity contribution in [3.05, 3.63) is 0 Å². The second-order valence-corrected chi connectivity index (χ2v) is 6.97. The summed E-state index contributed by atoms with van der Waals surface area (Å²) in [5.41, 5.74) is 4.85. The van der Waals surface area contributed by atoms with Crippen LogP contribution < -0.4 is 16.4 Å². The van der Waals surface area contributed by atoms with Crippen molar-refractivity contribution in [3.63, 3.8) is 0 Å². The number of carbonyl (C=O) groups excluding carboxylic acids is 6. The summed E-state index contributed by atoms with van der Waals surface area (Å²) in [6.07, 6.45) is 5.91. The highest BCUT2D eigenvalue weighted by Gasteiger charge is 2.38. The molecule has 0 atom stereocenters. The van der Waals surface area contributed by atoms with Gasteiger partial charge in [0.25, 0.3) is 0 Å². The second-order valence-electron chi connectivity index (χ2n) is 6.97. The molecule has 6 amide bonds. The molecule has 11 nitrogen and oxygen atoms in total. The number of esters is 1. The molecule has 0 spiro atoms. The lowest BCUT2D eigenvalue weighted by atomic mass is 9.91. The molecule has 0 aromatic rings. The Kier molecular flexibility index (Phi) is 9.76. The summed E-state index contributed by atoms with van der Waals surface area (Å²) >= 11 is 0. The number of hydrogen-bond donors (Lipinski definition) is 3. The first kappa shape index (κ1) is 24.1. The molecule has 0 unspecified atom stereocenters. The average Bonchev–Trinajstić information content (AvgIpc) is 2.53. The van der Waals surface area contributed by atoms with E-state index in [1.54, 1.807) is 0 Å². The van der Waals surface area contributed by atoms with Gasteiger partial charge in [-0.2, -0.15) is 0 Å². The van der Waals surface area contributed by atoms with E-state index >= 15 is 0 Å². The molecular formula is C18H28N4O7. The maximum atomic E-state index is 11.3. The van der Waals surface area contributed by atoms with Crippen molar-refractivity contribution in [2.45, 2.75) is 70.4 Å². The molecule has 162 valence electrons. The third-order valence-corrected chi connectivity index (χ3v) is 4.56. The Hall–Kier alpha value is -2.98. The molecule has 1 aliphatic heterocycles. The molecule has 1 heterocycles. The first-order valence-corrected chi connectivity index (χ1v) is 9.42. The van der Waals surface area contributed by atoms with Crippen LogP contribution in [0.1, 0.15) is 58.3 Å². The molecule has 3 aliphatic rings. The lowest BCUT2D eigenvalue weighted by molar-refractivity contribution is -0.143. The number of carbonyl (C=O) groups is 6. The number of Topliss-reactive ketones (excluding diaryl/α,β-unsaturated/α-hetero) is 1. The van der Waals surface area contributed by atoms with Gasteiger partial charge in [0, 0.05) is 12.1 Å². The first-order chi connectivity index (χ1) is 13.6. The number of methoxy groups -OCH3 is 1. The zero-order valence-electron chi connectivity index (χ0n) is 16.7. The predicted molar refractivity (Wildman–Crippen MR) is 100 cm³/mol. The second kappa shape index (κ2) is 11.8. The lowest BCUT2D eigenvalue weighted by Gasteiger charge is -2.37. The predicted octanol–water partition coefficient (Wildman–Crippen LogP) is 0.353. The van der Waals surface area contributed by atoms with Crippen LogP contribution in [-0.4, -0.2) is 59.7 Å². The van der Waals surface area contributed by atoms with Crippen LogP contribution in [0.3, 0.4) is 0 Å². The topological polar surface area (TPSA) is 165 Å². The van der Waals surface area contributed by atoms with E-state index in [0.717, 1.165) is 32.1 Å². The van der Waals surface area contributed by atoms with E-state index in [4.69, 9.17) is 5.73 Å². The number of ketones is 1. The van der Waals surface area contributed by atoms with Gasteiger partial charge in [-0.1, -0.05) is 0 Å². The van der Waals surface area contributed by atoms with Gasteiger partial charge in [0.15, 0.2) is 0 Å². The summed E-state index contributed by atoms with van der Waals surface area (Å²) in [7, 11) is 1.26. The fraction of sp³-hybridized carbons (Fsp3) is 0.667. The van der Waals surface area contributed by atoms with E-state index in [1.807, 2.05) is 0 Å². The summed E-state index contributed by atoms with van der Waals surface area (Å²) in [4.78, 5) is 64.9. The van der Waals surface area contributed by atoms with Crippen molar-refractivity contribution in [2.24, 2.45) is 5.73 Å². The molecule has 4 N–H and O–H groups in total. The van der Waals surface area contributed by atoms with Gasteiger partial charge in [-0.15, -0.1) is 0 Å². The summed E-state index contributed by atoms with van der Waals surface area (Å²) in [6.45, 7) is 1.34. The van der Waals surface area contributed by atoms with Crippen LogP contribution in [-0.2, 0) is 23.9 Å². The monoisotopic (exact) mass is 412 g/mol. The number of amides is 6. The molecule has 0 aromatic heterocycles. The van der Waals surface area contributed by atoms with E-state index in [2.05, 4.69) is 15.4 Å². The van der Waals surface area contributed by atoms with Gasteiger partial charge < -0.3 is 15.8 Å². The highest BCUT2D eigenvalue weighted by molar-refractivity contribution is 6.14. The van der Waals surface area contributed by atoms with Crippen molar-refractivity contribution < 1.29 is 33.5 Å². The molecule has 2 saturated carbocycles. The van der Waals surface area contributed by atoms with Crippen molar-refractivity contribution in [2.75, 3.05) is 7.11 Å². The van der Waals surface area contributed by atoms with E-state index in [-0.39, 0.29) is 30.6 Å². The largest absolute Gasteiger partial charge is 0.469 e. The molecule has 0 radical (unpaired) electrons. The maximum absolute atomic E-state index is 11.3. The Labute approximate surface area is 168 Å². The molecular weight excluding hydrogens is 384 g/mol. The fourth-order valence-corrected chi connectivity index (χ4v) is 2.60. The first-order valence-electron chi connectivity index (χ1n) is 9.42. The number of urea groups is 2. The Morgan fingerprint density at radius 3 is 2.00 bits per heavy atom. The number of nitrogens with zero attached hydrogens (tertiary/aromatic N) is 1. The van der Waals surface area contributed by atoms with Gasteiger partial charge in [-0.05, 0) is 45.4 Å². The molecule has 3 rings (SSSR count). The molecule has 1 saturated heterocycles. The quantitative estimate of drug-likeness (QED) is 0.443. The minimum absolute atomic E-state index is 0.0283. The number of ether oxygens (including phenoxy) is 1. The van der Waals surface area contributed by atoms with Gasteiger partial charge in [0.05, 0.1) is 7.11 Å².